The number of thiophene rings is 1. The lowest BCUT2D eigenvalue weighted by Gasteiger charge is -2.33. The lowest BCUT2D eigenvalue weighted by atomic mass is 9.82. The molecule has 1 saturated carbocycles. The Labute approximate surface area is 173 Å². The first-order chi connectivity index (χ1) is 14.1. The van der Waals surface area contributed by atoms with Crippen molar-refractivity contribution in [2.45, 2.75) is 50.9 Å². The van der Waals surface area contributed by atoms with Gasteiger partial charge in [0.1, 0.15) is 11.3 Å². The van der Waals surface area contributed by atoms with E-state index in [9.17, 15) is 18.3 Å². The number of hydrogen-bond donors (Lipinski definition) is 2. The molecule has 160 valence electrons. The number of pyridine rings is 1. The number of aliphatic carboxylic acids is 1. The highest BCUT2D eigenvalue weighted by Crippen LogP contribution is 2.38. The van der Waals surface area contributed by atoms with E-state index in [0.717, 1.165) is 39.9 Å². The van der Waals surface area contributed by atoms with Crippen molar-refractivity contribution in [2.75, 3.05) is 0 Å². The molecular weight excluding hydrogens is 421 g/mol. The first kappa shape index (κ1) is 22.0. The first-order valence-electron chi connectivity index (χ1n) is 9.19. The number of alkyl halides is 3. The van der Waals surface area contributed by atoms with Crippen molar-refractivity contribution in [2.24, 2.45) is 5.92 Å². The lowest BCUT2D eigenvalue weighted by molar-refractivity contribution is -0.192. The van der Waals surface area contributed by atoms with Gasteiger partial charge in [0.05, 0.1) is 34.1 Å². The van der Waals surface area contributed by atoms with Crippen LogP contribution in [0.15, 0.2) is 17.6 Å². The topological polar surface area (TPSA) is 112 Å². The maximum atomic E-state index is 10.6. The van der Waals surface area contributed by atoms with Crippen LogP contribution in [0.2, 0.25) is 0 Å². The van der Waals surface area contributed by atoms with Crippen molar-refractivity contribution < 1.29 is 28.2 Å². The van der Waals surface area contributed by atoms with Crippen LogP contribution >= 0.6 is 11.3 Å². The predicted octanol–water partition coefficient (Wildman–Crippen LogP) is 4.20. The number of carbonyl (C=O) groups is 1. The zero-order valence-electron chi connectivity index (χ0n) is 15.9. The normalized spacial score (nSPS) is 21.8. The number of nitriles is 1. The molecule has 0 saturated heterocycles. The van der Waals surface area contributed by atoms with Crippen LogP contribution in [0.1, 0.15) is 37.5 Å². The van der Waals surface area contributed by atoms with Crippen molar-refractivity contribution in [1.29, 1.82) is 5.26 Å². The van der Waals surface area contributed by atoms with Gasteiger partial charge in [-0.25, -0.2) is 9.78 Å². The number of fused-ring (bicyclic) bond motifs is 3. The number of imidazole rings is 1. The van der Waals surface area contributed by atoms with Gasteiger partial charge in [0.25, 0.3) is 0 Å². The number of aliphatic hydroxyl groups is 1. The Hall–Kier alpha value is -2.71. The number of aromatic nitrogens is 3. The van der Waals surface area contributed by atoms with Crippen LogP contribution in [0.3, 0.4) is 0 Å². The molecule has 0 unspecified atom stereocenters. The van der Waals surface area contributed by atoms with Crippen LogP contribution in [-0.4, -0.2) is 43.0 Å². The second-order valence-corrected chi connectivity index (χ2v) is 8.03. The third-order valence-corrected chi connectivity index (χ3v) is 6.10. The van der Waals surface area contributed by atoms with E-state index in [-0.39, 0.29) is 12.0 Å². The highest BCUT2D eigenvalue weighted by atomic mass is 32.1. The lowest BCUT2D eigenvalue weighted by Crippen LogP contribution is -2.31. The van der Waals surface area contributed by atoms with Crippen molar-refractivity contribution in [3.63, 3.8) is 0 Å². The molecule has 0 amide bonds. The summed E-state index contributed by atoms with van der Waals surface area (Å²) in [6.45, 7) is 2.02. The highest BCUT2D eigenvalue weighted by Gasteiger charge is 2.38. The third-order valence-electron chi connectivity index (χ3n) is 5.19. The van der Waals surface area contributed by atoms with Crippen LogP contribution in [-0.2, 0) is 4.79 Å². The molecular formula is C19H19F3N4O3S. The van der Waals surface area contributed by atoms with E-state index in [4.69, 9.17) is 15.2 Å². The van der Waals surface area contributed by atoms with E-state index in [0.29, 0.717) is 12.8 Å². The SMILES string of the molecule is Cc1nc2cnc3ccsc3c2n1[C@H]1CC[C@H](CC#N)[C@H](O)C1.O=C(O)C(F)(F)F. The summed E-state index contributed by atoms with van der Waals surface area (Å²) in [7, 11) is 0. The Morgan fingerprint density at radius 1 is 1.40 bits per heavy atom. The predicted molar refractivity (Wildman–Crippen MR) is 104 cm³/mol. The largest absolute Gasteiger partial charge is 0.490 e. The number of aryl methyl sites for hydroxylation is 1. The van der Waals surface area contributed by atoms with Crippen LogP contribution in [0.25, 0.3) is 21.3 Å². The molecule has 7 nitrogen and oxygen atoms in total. The molecule has 11 heteroatoms. The molecule has 1 aliphatic rings. The monoisotopic (exact) mass is 440 g/mol. The summed E-state index contributed by atoms with van der Waals surface area (Å²) < 4.78 is 35.2. The van der Waals surface area contributed by atoms with Crippen molar-refractivity contribution in [1.82, 2.24) is 14.5 Å². The van der Waals surface area contributed by atoms with Gasteiger partial charge in [0.2, 0.25) is 0 Å². The highest BCUT2D eigenvalue weighted by molar-refractivity contribution is 7.18. The smallest absolute Gasteiger partial charge is 0.475 e. The maximum absolute atomic E-state index is 10.6. The summed E-state index contributed by atoms with van der Waals surface area (Å²) in [6, 6.07) is 4.46. The van der Waals surface area contributed by atoms with Gasteiger partial charge in [-0.05, 0) is 43.6 Å². The maximum Gasteiger partial charge on any atom is 0.490 e. The van der Waals surface area contributed by atoms with E-state index in [1.807, 2.05) is 19.2 Å². The quantitative estimate of drug-likeness (QED) is 0.618. The molecule has 2 N–H and O–H groups in total. The molecule has 0 spiro atoms. The second kappa shape index (κ2) is 8.57. The van der Waals surface area contributed by atoms with Crippen LogP contribution in [0.5, 0.6) is 0 Å². The molecule has 0 bridgehead atoms. The summed E-state index contributed by atoms with van der Waals surface area (Å²) in [6.07, 6.45) is -0.663. The van der Waals surface area contributed by atoms with Gasteiger partial charge >= 0.3 is 12.1 Å². The molecule has 4 rings (SSSR count). The summed E-state index contributed by atoms with van der Waals surface area (Å²) in [4.78, 5) is 18.0. The standard InChI is InChI=1S/C17H18N4OS.C2HF3O2/c1-10-20-14-9-19-13-5-7-23-17(13)16(14)21(10)12-3-2-11(4-6-18)15(22)8-12;3-2(4,5)1(6)7/h5,7,9,11-12,15,22H,2-4,8H2,1H3;(H,6,7)/t11-,12+,15-;/m1./s1. The van der Waals surface area contributed by atoms with Crippen molar-refractivity contribution >= 4 is 38.6 Å². The van der Waals surface area contributed by atoms with Crippen molar-refractivity contribution in [3.05, 3.63) is 23.5 Å². The molecule has 3 aromatic rings. The minimum Gasteiger partial charge on any atom is -0.475 e. The molecule has 3 heterocycles. The van der Waals surface area contributed by atoms with Gasteiger partial charge in [0, 0.05) is 12.5 Å². The molecule has 1 aliphatic carbocycles. The van der Waals surface area contributed by atoms with Gasteiger partial charge in [0.15, 0.2) is 0 Å². The van der Waals surface area contributed by atoms with Gasteiger partial charge in [-0.1, -0.05) is 0 Å². The second-order valence-electron chi connectivity index (χ2n) is 7.12. The number of hydrogen-bond acceptors (Lipinski definition) is 6. The number of nitrogens with zero attached hydrogens (tertiary/aromatic N) is 4. The molecule has 30 heavy (non-hydrogen) atoms. The van der Waals surface area contributed by atoms with Crippen LogP contribution < -0.4 is 0 Å². The molecule has 0 aliphatic heterocycles. The van der Waals surface area contributed by atoms with E-state index in [1.54, 1.807) is 11.3 Å². The van der Waals surface area contributed by atoms with E-state index in [2.05, 4.69) is 26.0 Å². The molecule has 0 radical (unpaired) electrons. The Bertz CT molecular complexity index is 1100. The first-order valence-corrected chi connectivity index (χ1v) is 10.1. The summed E-state index contributed by atoms with van der Waals surface area (Å²) in [5, 5.41) is 28.5. The van der Waals surface area contributed by atoms with E-state index >= 15 is 0 Å². The molecule has 1 fully saturated rings. The number of rotatable bonds is 2. The Morgan fingerprint density at radius 3 is 2.70 bits per heavy atom. The fourth-order valence-corrected chi connectivity index (χ4v) is 4.71. The molecule has 0 aromatic carbocycles. The summed E-state index contributed by atoms with van der Waals surface area (Å²) in [5.41, 5.74) is 3.06. The number of carboxylic acid groups (broad SMARTS) is 1. The van der Waals surface area contributed by atoms with Gasteiger partial charge < -0.3 is 14.8 Å². The zero-order valence-corrected chi connectivity index (χ0v) is 16.7. The number of halogens is 3. The van der Waals surface area contributed by atoms with E-state index in [1.165, 1.54) is 0 Å². The van der Waals surface area contributed by atoms with Gasteiger partial charge in [-0.2, -0.15) is 18.4 Å². The molecule has 3 aromatic heterocycles. The van der Waals surface area contributed by atoms with E-state index < -0.39 is 18.2 Å². The van der Waals surface area contributed by atoms with Gasteiger partial charge in [-0.3, -0.25) is 4.98 Å². The average Bonchev–Trinajstić information content (AvgIpc) is 3.26. The summed E-state index contributed by atoms with van der Waals surface area (Å²) in [5.74, 6) is -1.68. The summed E-state index contributed by atoms with van der Waals surface area (Å²) >= 11 is 1.69. The van der Waals surface area contributed by atoms with Crippen LogP contribution in [0.4, 0.5) is 13.2 Å². The Morgan fingerprint density at radius 2 is 2.10 bits per heavy atom. The molecule has 3 atom stereocenters. The third kappa shape index (κ3) is 4.39. The van der Waals surface area contributed by atoms with Gasteiger partial charge in [-0.15, -0.1) is 11.3 Å². The Kier molecular flexibility index (Phi) is 6.28. The minimum absolute atomic E-state index is 0.106. The minimum atomic E-state index is -5.08. The number of carboxylic acids is 1. The average molecular weight is 440 g/mol. The fraction of sp³-hybridized carbons (Fsp3) is 0.474. The van der Waals surface area contributed by atoms with Crippen LogP contribution in [0, 0.1) is 24.2 Å². The number of aliphatic hydroxyl groups excluding tert-OH is 1. The Balaban J connectivity index is 0.000000318. The van der Waals surface area contributed by atoms with Crippen molar-refractivity contribution in [3.8, 4) is 6.07 Å². The zero-order chi connectivity index (χ0) is 22.1. The fourth-order valence-electron chi connectivity index (χ4n) is 3.82.